The Bertz CT molecular complexity index is 1200. The largest absolute Gasteiger partial charge is 0.466 e. The van der Waals surface area contributed by atoms with Crippen LogP contribution in [0.5, 0.6) is 0 Å². The van der Waals surface area contributed by atoms with Crippen molar-refractivity contribution < 1.29 is 24.5 Å². The van der Waals surface area contributed by atoms with Crippen LogP contribution >= 0.6 is 0 Å². The molecule has 0 aromatic rings. The molecule has 2 atom stereocenters. The normalized spacial score (nSPS) is 12.8. The van der Waals surface area contributed by atoms with Crippen molar-refractivity contribution in [1.29, 1.82) is 0 Å². The smallest absolute Gasteiger partial charge is 0.305 e. The lowest BCUT2D eigenvalue weighted by Crippen LogP contribution is -2.45. The number of hydrogen-bond donors (Lipinski definition) is 3. The number of carbonyl (C=O) groups is 2. The molecule has 3 N–H and O–H groups in total. The molecule has 0 radical (unpaired) electrons. The average Bonchev–Trinajstić information content (AvgIpc) is 3.40. The monoisotopic (exact) mass is 1040 g/mol. The lowest BCUT2D eigenvalue weighted by molar-refractivity contribution is -0.143. The first-order valence-electron chi connectivity index (χ1n) is 33.3. The molecule has 0 aromatic heterocycles. The van der Waals surface area contributed by atoms with E-state index in [1.807, 2.05) is 6.08 Å². The van der Waals surface area contributed by atoms with Gasteiger partial charge in [-0.05, 0) is 64.2 Å². The zero-order chi connectivity index (χ0) is 53.6. The summed E-state index contributed by atoms with van der Waals surface area (Å²) in [5, 5.41) is 23.1. The van der Waals surface area contributed by atoms with Crippen molar-refractivity contribution in [2.75, 3.05) is 13.2 Å². The Morgan fingerprint density at radius 3 is 1.05 bits per heavy atom. The lowest BCUT2D eigenvalue weighted by Gasteiger charge is -2.20. The van der Waals surface area contributed by atoms with Gasteiger partial charge in [0.25, 0.3) is 0 Å². The quantitative estimate of drug-likeness (QED) is 0.0320. The van der Waals surface area contributed by atoms with Gasteiger partial charge >= 0.3 is 5.97 Å². The number of rotatable bonds is 62. The lowest BCUT2D eigenvalue weighted by atomic mass is 10.0. The van der Waals surface area contributed by atoms with Crippen molar-refractivity contribution in [3.05, 3.63) is 36.5 Å². The van der Waals surface area contributed by atoms with Gasteiger partial charge in [0.05, 0.1) is 25.4 Å². The first-order chi connectivity index (χ1) is 36.5. The highest BCUT2D eigenvalue weighted by Crippen LogP contribution is 2.18. The van der Waals surface area contributed by atoms with E-state index >= 15 is 0 Å². The van der Waals surface area contributed by atoms with Gasteiger partial charge in [-0.15, -0.1) is 0 Å². The van der Waals surface area contributed by atoms with E-state index in [9.17, 15) is 19.8 Å². The van der Waals surface area contributed by atoms with Gasteiger partial charge in [0.2, 0.25) is 5.91 Å². The van der Waals surface area contributed by atoms with Crippen LogP contribution in [0.25, 0.3) is 0 Å². The highest BCUT2D eigenvalue weighted by molar-refractivity contribution is 5.76. The second-order valence-electron chi connectivity index (χ2n) is 22.8. The topological polar surface area (TPSA) is 95.9 Å². The van der Waals surface area contributed by atoms with E-state index in [1.54, 1.807) is 6.08 Å². The zero-order valence-corrected chi connectivity index (χ0v) is 49.8. The molecule has 2 unspecified atom stereocenters. The van der Waals surface area contributed by atoms with Crippen molar-refractivity contribution in [2.24, 2.45) is 0 Å². The third-order valence-corrected chi connectivity index (χ3v) is 15.4. The number of hydrogen-bond acceptors (Lipinski definition) is 5. The maximum atomic E-state index is 12.5. The van der Waals surface area contributed by atoms with Gasteiger partial charge < -0.3 is 20.3 Å². The summed E-state index contributed by atoms with van der Waals surface area (Å²) in [4.78, 5) is 24.5. The van der Waals surface area contributed by atoms with E-state index in [1.165, 1.54) is 283 Å². The van der Waals surface area contributed by atoms with Crippen LogP contribution in [0.4, 0.5) is 0 Å². The molecule has 0 rings (SSSR count). The predicted octanol–water partition coefficient (Wildman–Crippen LogP) is 21.1. The maximum Gasteiger partial charge on any atom is 0.305 e. The fourth-order valence-electron chi connectivity index (χ4n) is 10.3. The molecule has 6 nitrogen and oxygen atoms in total. The highest BCUT2D eigenvalue weighted by atomic mass is 16.5. The summed E-state index contributed by atoms with van der Waals surface area (Å²) in [6.07, 6.45) is 80.7. The Balaban J connectivity index is 3.36. The molecule has 0 saturated carbocycles. The molecule has 0 aliphatic carbocycles. The number of allylic oxidation sites excluding steroid dienone is 5. The number of aliphatic hydroxyl groups excluding tert-OH is 2. The van der Waals surface area contributed by atoms with Crippen molar-refractivity contribution in [3.8, 4) is 0 Å². The Morgan fingerprint density at radius 2 is 0.676 bits per heavy atom. The minimum absolute atomic E-state index is 0.00452. The molecule has 0 spiro atoms. The molecule has 0 aliphatic rings. The van der Waals surface area contributed by atoms with Crippen molar-refractivity contribution in [1.82, 2.24) is 5.32 Å². The van der Waals surface area contributed by atoms with Crippen molar-refractivity contribution in [2.45, 2.75) is 373 Å². The Kier molecular flexibility index (Phi) is 62.0. The molecule has 0 heterocycles. The Hall–Kier alpha value is -1.92. The van der Waals surface area contributed by atoms with E-state index < -0.39 is 12.1 Å². The number of carbonyl (C=O) groups excluding carboxylic acids is 2. The second kappa shape index (κ2) is 63.6. The van der Waals surface area contributed by atoms with Gasteiger partial charge in [0, 0.05) is 12.8 Å². The SMILES string of the molecule is CCCCC/C=C\C/C=C\CCCCCCCC(=O)OCCCCCCCCCCCCCCCCCCCCCCCCCCCCCCC(=O)NC(CO)C(O)/C=C/CCCCCCCCCCCCCC. The summed E-state index contributed by atoms with van der Waals surface area (Å²) in [5.74, 6) is -0.0591. The third-order valence-electron chi connectivity index (χ3n) is 15.4. The van der Waals surface area contributed by atoms with Crippen LogP contribution in [-0.4, -0.2) is 47.4 Å². The molecule has 0 bridgehead atoms. The highest BCUT2D eigenvalue weighted by Gasteiger charge is 2.18. The van der Waals surface area contributed by atoms with Gasteiger partial charge in [-0.25, -0.2) is 0 Å². The Labute approximate surface area is 462 Å². The van der Waals surface area contributed by atoms with Gasteiger partial charge in [0.1, 0.15) is 0 Å². The minimum atomic E-state index is -0.842. The molecule has 6 heteroatoms. The summed E-state index contributed by atoms with van der Waals surface area (Å²) in [6, 6.07) is -0.625. The van der Waals surface area contributed by atoms with Crippen LogP contribution in [0.2, 0.25) is 0 Å². The van der Waals surface area contributed by atoms with E-state index in [2.05, 4.69) is 43.5 Å². The number of amides is 1. The molecule has 1 amide bonds. The van der Waals surface area contributed by atoms with Crippen LogP contribution in [0, 0.1) is 0 Å². The van der Waals surface area contributed by atoms with Gasteiger partial charge in [0.15, 0.2) is 0 Å². The summed E-state index contributed by atoms with van der Waals surface area (Å²) < 4.78 is 5.48. The number of nitrogens with one attached hydrogen (secondary N) is 1. The zero-order valence-electron chi connectivity index (χ0n) is 49.8. The Morgan fingerprint density at radius 1 is 0.378 bits per heavy atom. The van der Waals surface area contributed by atoms with E-state index in [0.717, 1.165) is 51.4 Å². The van der Waals surface area contributed by atoms with E-state index in [-0.39, 0.29) is 18.5 Å². The van der Waals surface area contributed by atoms with Gasteiger partial charge in [-0.3, -0.25) is 9.59 Å². The first kappa shape index (κ1) is 72.1. The molecule has 0 fully saturated rings. The number of esters is 1. The van der Waals surface area contributed by atoms with Crippen LogP contribution in [0.3, 0.4) is 0 Å². The average molecular weight is 1040 g/mol. The van der Waals surface area contributed by atoms with Crippen LogP contribution in [0.1, 0.15) is 361 Å². The third kappa shape index (κ3) is 59.3. The van der Waals surface area contributed by atoms with Gasteiger partial charge in [-0.1, -0.05) is 320 Å². The summed E-state index contributed by atoms with van der Waals surface area (Å²) >= 11 is 0. The van der Waals surface area contributed by atoms with Gasteiger partial charge in [-0.2, -0.15) is 0 Å². The van der Waals surface area contributed by atoms with Crippen molar-refractivity contribution in [3.63, 3.8) is 0 Å². The second-order valence-corrected chi connectivity index (χ2v) is 22.8. The van der Waals surface area contributed by atoms with Crippen LogP contribution in [-0.2, 0) is 14.3 Å². The first-order valence-corrected chi connectivity index (χ1v) is 33.3. The molecule has 0 saturated heterocycles. The summed E-state index contributed by atoms with van der Waals surface area (Å²) in [6.45, 7) is 4.89. The standard InChI is InChI=1S/C68H129NO5/c1-3-5-7-9-11-13-15-17-33-38-42-46-50-54-58-62-68(73)74-63-59-55-51-47-43-39-35-32-30-28-26-24-22-20-19-21-23-25-27-29-31-34-37-41-45-49-53-57-61-67(72)69-65(64-70)66(71)60-56-52-48-44-40-36-18-16-14-12-10-8-6-4-2/h11,13,17,33,56,60,65-66,70-71H,3-10,12,14-16,18-32,34-55,57-59,61-64H2,1-2H3,(H,69,72)/b13-11-,33-17-,60-56+. The molecule has 74 heavy (non-hydrogen) atoms. The maximum absolute atomic E-state index is 12.5. The van der Waals surface area contributed by atoms with E-state index in [4.69, 9.17) is 4.74 Å². The number of aliphatic hydroxyl groups is 2. The molecular formula is C68H129NO5. The van der Waals surface area contributed by atoms with Crippen LogP contribution in [0.15, 0.2) is 36.5 Å². The van der Waals surface area contributed by atoms with Crippen LogP contribution < -0.4 is 5.32 Å². The molecule has 436 valence electrons. The fourth-order valence-corrected chi connectivity index (χ4v) is 10.3. The predicted molar refractivity (Wildman–Crippen MR) is 324 cm³/mol. The van der Waals surface area contributed by atoms with Crippen molar-refractivity contribution >= 4 is 11.9 Å². The summed E-state index contributed by atoms with van der Waals surface area (Å²) in [7, 11) is 0. The molecule has 0 aromatic carbocycles. The summed E-state index contributed by atoms with van der Waals surface area (Å²) in [5.41, 5.74) is 0. The van der Waals surface area contributed by atoms with E-state index in [0.29, 0.717) is 19.4 Å². The number of ether oxygens (including phenoxy) is 1. The molecule has 0 aliphatic heterocycles. The molecular weight excluding hydrogens is 911 g/mol. The fraction of sp³-hybridized carbons (Fsp3) is 0.882. The number of unbranched alkanes of at least 4 members (excludes halogenated alkanes) is 47. The minimum Gasteiger partial charge on any atom is -0.466 e.